The SMILES string of the molecule is Cc1cc(C[C@@H](NC(=O)N2CCC(c3cc4ccccc4[nH]c3=O)CC2)C(=O)N2CCN(C3CCN(C)CC3)CC2)cc2cn[nH]c12.Cl. The molecule has 3 saturated heterocycles. The van der Waals surface area contributed by atoms with E-state index in [4.69, 9.17) is 0 Å². The van der Waals surface area contributed by atoms with Crippen LogP contribution in [0.4, 0.5) is 4.79 Å². The zero-order valence-corrected chi connectivity index (χ0v) is 28.7. The number of urea groups is 1. The number of hydrogen-bond donors (Lipinski definition) is 3. The number of H-pyrrole nitrogens is 2. The number of halogens is 1. The molecule has 0 radical (unpaired) electrons. The number of amides is 3. The number of para-hydroxylation sites is 1. The lowest BCUT2D eigenvalue weighted by atomic mass is 9.89. The number of carbonyl (C=O) groups excluding carboxylic acids is 2. The molecule has 0 unspecified atom stereocenters. The van der Waals surface area contributed by atoms with E-state index in [1.165, 1.54) is 12.8 Å². The van der Waals surface area contributed by atoms with Gasteiger partial charge in [-0.1, -0.05) is 24.3 Å². The van der Waals surface area contributed by atoms with E-state index in [0.717, 1.165) is 64.7 Å². The van der Waals surface area contributed by atoms with Crippen LogP contribution in [0.2, 0.25) is 0 Å². The molecule has 0 aliphatic carbocycles. The van der Waals surface area contributed by atoms with Crippen molar-refractivity contribution in [2.24, 2.45) is 0 Å². The van der Waals surface area contributed by atoms with Crippen molar-refractivity contribution in [1.82, 2.24) is 40.1 Å². The van der Waals surface area contributed by atoms with Crippen molar-refractivity contribution in [3.05, 3.63) is 75.7 Å². The smallest absolute Gasteiger partial charge is 0.318 e. The molecule has 48 heavy (non-hydrogen) atoms. The van der Waals surface area contributed by atoms with Gasteiger partial charge in [-0.2, -0.15) is 5.10 Å². The van der Waals surface area contributed by atoms with E-state index in [0.29, 0.717) is 51.5 Å². The van der Waals surface area contributed by atoms with E-state index >= 15 is 0 Å². The van der Waals surface area contributed by atoms with Crippen molar-refractivity contribution in [2.45, 2.75) is 57.0 Å². The van der Waals surface area contributed by atoms with Crippen LogP contribution in [0.25, 0.3) is 21.8 Å². The highest BCUT2D eigenvalue weighted by Crippen LogP contribution is 2.28. The number of pyridine rings is 1. The Kier molecular flexibility index (Phi) is 10.4. The van der Waals surface area contributed by atoms with Gasteiger partial charge in [-0.25, -0.2) is 4.79 Å². The Morgan fingerprint density at radius 3 is 2.40 bits per heavy atom. The van der Waals surface area contributed by atoms with Crippen molar-refractivity contribution in [2.75, 3.05) is 59.4 Å². The van der Waals surface area contributed by atoms with Crippen LogP contribution in [-0.2, 0) is 11.2 Å². The third kappa shape index (κ3) is 7.23. The van der Waals surface area contributed by atoms with Crippen molar-refractivity contribution >= 4 is 46.2 Å². The second-order valence-corrected chi connectivity index (χ2v) is 13.8. The molecule has 3 aliphatic rings. The van der Waals surface area contributed by atoms with Gasteiger partial charge in [-0.15, -0.1) is 12.4 Å². The number of benzene rings is 2. The number of aromatic amines is 2. The largest absolute Gasteiger partial charge is 0.338 e. The first-order valence-electron chi connectivity index (χ1n) is 17.1. The molecule has 3 amide bonds. The minimum absolute atomic E-state index is 0. The van der Waals surface area contributed by atoms with Gasteiger partial charge < -0.3 is 25.0 Å². The number of piperidine rings is 2. The monoisotopic (exact) mass is 674 g/mol. The molecule has 3 aliphatic heterocycles. The lowest BCUT2D eigenvalue weighted by Gasteiger charge is -2.43. The molecule has 3 N–H and O–H groups in total. The highest BCUT2D eigenvalue weighted by molar-refractivity contribution is 5.88. The molecule has 7 rings (SSSR count). The molecular formula is C36H47ClN8O3. The fourth-order valence-corrected chi connectivity index (χ4v) is 7.86. The number of hydrogen-bond acceptors (Lipinski definition) is 6. The Morgan fingerprint density at radius 2 is 1.65 bits per heavy atom. The summed E-state index contributed by atoms with van der Waals surface area (Å²) in [6.07, 6.45) is 5.94. The fraction of sp³-hybridized carbons (Fsp3) is 0.500. The molecule has 0 bridgehead atoms. The number of aromatic nitrogens is 3. The van der Waals surface area contributed by atoms with Gasteiger partial charge in [0.25, 0.3) is 5.56 Å². The van der Waals surface area contributed by atoms with Crippen LogP contribution in [0.1, 0.15) is 48.3 Å². The third-order valence-corrected chi connectivity index (χ3v) is 10.7. The van der Waals surface area contributed by atoms with Crippen LogP contribution in [0, 0.1) is 6.92 Å². The van der Waals surface area contributed by atoms with Crippen molar-refractivity contribution in [1.29, 1.82) is 0 Å². The van der Waals surface area contributed by atoms with Crippen molar-refractivity contribution in [3.8, 4) is 0 Å². The summed E-state index contributed by atoms with van der Waals surface area (Å²) in [5.74, 6) is 0.0549. The standard InChI is InChI=1S/C36H46N8O3.ClH/c1-24-19-25(20-28-23-37-40-33(24)28)21-32(35(46)43-17-15-42(16-18-43)29-9-11-41(2)12-10-29)39-36(47)44-13-7-26(8-14-44)30-22-27-5-3-4-6-31(27)38-34(30)45;/h3-6,19-20,22-23,26,29,32H,7-18,21H2,1-2H3,(H,37,40)(H,38,45)(H,39,47);1H/t32-;/m1./s1. The number of fused-ring (bicyclic) bond motifs is 2. The quantitative estimate of drug-likeness (QED) is 0.286. The molecule has 0 spiro atoms. The predicted octanol–water partition coefficient (Wildman–Crippen LogP) is 3.87. The second kappa shape index (κ2) is 14.7. The van der Waals surface area contributed by atoms with Crippen LogP contribution in [0.15, 0.2) is 53.5 Å². The van der Waals surface area contributed by atoms with E-state index in [1.54, 1.807) is 11.1 Å². The highest BCUT2D eigenvalue weighted by atomic mass is 35.5. The number of nitrogens with one attached hydrogen (secondary N) is 3. The van der Waals surface area contributed by atoms with Crippen LogP contribution in [0.5, 0.6) is 0 Å². The molecular weight excluding hydrogens is 628 g/mol. The number of piperazine rings is 1. The number of nitrogens with zero attached hydrogens (tertiary/aromatic N) is 5. The molecule has 1 atom stereocenters. The highest BCUT2D eigenvalue weighted by Gasteiger charge is 2.34. The van der Waals surface area contributed by atoms with Gasteiger partial charge in [0.2, 0.25) is 5.91 Å². The van der Waals surface area contributed by atoms with Gasteiger partial charge in [-0.3, -0.25) is 19.6 Å². The summed E-state index contributed by atoms with van der Waals surface area (Å²) >= 11 is 0. The van der Waals surface area contributed by atoms with Gasteiger partial charge in [0, 0.05) is 68.2 Å². The maximum atomic E-state index is 14.1. The summed E-state index contributed by atoms with van der Waals surface area (Å²) in [5, 5.41) is 12.4. The summed E-state index contributed by atoms with van der Waals surface area (Å²) in [7, 11) is 2.18. The minimum Gasteiger partial charge on any atom is -0.338 e. The number of carbonyl (C=O) groups is 2. The van der Waals surface area contributed by atoms with Gasteiger partial charge in [0.1, 0.15) is 6.04 Å². The normalized spacial score (nSPS) is 19.4. The lowest BCUT2D eigenvalue weighted by molar-refractivity contribution is -0.135. The van der Waals surface area contributed by atoms with Crippen LogP contribution in [0.3, 0.4) is 0 Å². The first kappa shape index (κ1) is 34.0. The van der Waals surface area contributed by atoms with Crippen molar-refractivity contribution < 1.29 is 9.59 Å². The Balaban J connectivity index is 0.00000401. The lowest BCUT2D eigenvalue weighted by Crippen LogP contribution is -2.59. The molecule has 12 heteroatoms. The van der Waals surface area contributed by atoms with Gasteiger partial charge >= 0.3 is 6.03 Å². The minimum atomic E-state index is -0.679. The Morgan fingerprint density at radius 1 is 0.917 bits per heavy atom. The zero-order chi connectivity index (χ0) is 32.5. The summed E-state index contributed by atoms with van der Waals surface area (Å²) < 4.78 is 0. The molecule has 2 aromatic carbocycles. The number of aryl methyl sites for hydroxylation is 1. The molecule has 2 aromatic heterocycles. The van der Waals surface area contributed by atoms with E-state index in [-0.39, 0.29) is 35.8 Å². The number of likely N-dealkylation sites (tertiary alicyclic amines) is 2. The average Bonchev–Trinajstić information content (AvgIpc) is 3.57. The molecule has 11 nitrogen and oxygen atoms in total. The summed E-state index contributed by atoms with van der Waals surface area (Å²) in [6.45, 7) is 8.39. The van der Waals surface area contributed by atoms with E-state index in [2.05, 4.69) is 49.5 Å². The Hall–Kier alpha value is -3.93. The fourth-order valence-electron chi connectivity index (χ4n) is 7.86. The Bertz CT molecular complexity index is 1800. The maximum absolute atomic E-state index is 14.1. The molecule has 3 fully saturated rings. The third-order valence-electron chi connectivity index (χ3n) is 10.7. The molecule has 256 valence electrons. The summed E-state index contributed by atoms with van der Waals surface area (Å²) in [4.78, 5) is 52.5. The van der Waals surface area contributed by atoms with Crippen LogP contribution >= 0.6 is 12.4 Å². The van der Waals surface area contributed by atoms with Gasteiger partial charge in [0.15, 0.2) is 0 Å². The topological polar surface area (TPSA) is 121 Å². The van der Waals surface area contributed by atoms with Crippen LogP contribution < -0.4 is 10.9 Å². The Labute approximate surface area is 287 Å². The summed E-state index contributed by atoms with van der Waals surface area (Å²) in [5.41, 5.74) is 4.59. The first-order valence-corrected chi connectivity index (χ1v) is 17.1. The summed E-state index contributed by atoms with van der Waals surface area (Å²) in [6, 6.07) is 13.6. The predicted molar refractivity (Wildman–Crippen MR) is 191 cm³/mol. The zero-order valence-electron chi connectivity index (χ0n) is 27.9. The second-order valence-electron chi connectivity index (χ2n) is 13.8. The van der Waals surface area contributed by atoms with E-state index in [9.17, 15) is 14.4 Å². The molecule has 4 aromatic rings. The van der Waals surface area contributed by atoms with Crippen molar-refractivity contribution in [3.63, 3.8) is 0 Å². The number of rotatable bonds is 6. The first-order chi connectivity index (χ1) is 22.8. The van der Waals surface area contributed by atoms with Gasteiger partial charge in [0.05, 0.1) is 11.7 Å². The van der Waals surface area contributed by atoms with Crippen LogP contribution in [-0.4, -0.2) is 118 Å². The van der Waals surface area contributed by atoms with E-state index in [1.807, 2.05) is 42.2 Å². The maximum Gasteiger partial charge on any atom is 0.318 e. The van der Waals surface area contributed by atoms with E-state index < -0.39 is 6.04 Å². The molecule has 0 saturated carbocycles. The molecule has 5 heterocycles. The van der Waals surface area contributed by atoms with Gasteiger partial charge in [-0.05, 0) is 93.4 Å². The average molecular weight is 675 g/mol.